The molecule has 3 aromatic carbocycles. The molecule has 0 aliphatic rings. The first-order valence-electron chi connectivity index (χ1n) is 8.98. The molecule has 0 fully saturated rings. The van der Waals surface area contributed by atoms with Crippen LogP contribution in [0.25, 0.3) is 0 Å². The van der Waals surface area contributed by atoms with Crippen LogP contribution in [0, 0.1) is 11.3 Å². The van der Waals surface area contributed by atoms with E-state index in [-0.39, 0.29) is 38.7 Å². The number of nitriles is 1. The second-order valence-electron chi connectivity index (χ2n) is 6.51. The Morgan fingerprint density at radius 1 is 1.00 bits per heavy atom. The second-order valence-corrected chi connectivity index (χ2v) is 9.32. The summed E-state index contributed by atoms with van der Waals surface area (Å²) < 4.78 is 33.9. The average molecular weight is 527 g/mol. The van der Waals surface area contributed by atoms with Crippen molar-refractivity contribution in [1.82, 2.24) is 0 Å². The third kappa shape index (κ3) is 6.74. The topological polar surface area (TPSA) is 132 Å². The number of carbonyl (C=O) groups excluding carboxylic acids is 1. The van der Waals surface area contributed by atoms with Gasteiger partial charge in [-0.3, -0.25) is 4.79 Å². The molecule has 0 spiro atoms. The summed E-state index contributed by atoms with van der Waals surface area (Å²) in [7, 11) is -3.92. The number of nitrogens with one attached hydrogen (secondary N) is 1. The second kappa shape index (κ2) is 10.3. The number of amides is 1. The molecule has 0 atom stereocenters. The van der Waals surface area contributed by atoms with Crippen molar-refractivity contribution < 1.29 is 22.7 Å². The minimum atomic E-state index is -3.92. The Morgan fingerprint density at radius 2 is 1.76 bits per heavy atom. The number of hydrogen-bond acceptors (Lipinski definition) is 6. The molecule has 0 saturated carbocycles. The summed E-state index contributed by atoms with van der Waals surface area (Å²) in [5.74, 6) is 0.254. The van der Waals surface area contributed by atoms with Crippen LogP contribution in [0.2, 0.25) is 15.1 Å². The monoisotopic (exact) mass is 525 g/mol. The van der Waals surface area contributed by atoms with Gasteiger partial charge in [-0.15, -0.1) is 0 Å². The molecule has 1 amide bonds. The van der Waals surface area contributed by atoms with Gasteiger partial charge in [-0.05, 0) is 48.5 Å². The minimum absolute atomic E-state index is 0.00434. The Bertz CT molecular complexity index is 1370. The van der Waals surface area contributed by atoms with Crippen LogP contribution in [0.5, 0.6) is 17.2 Å². The van der Waals surface area contributed by atoms with E-state index in [1.807, 2.05) is 6.07 Å². The van der Waals surface area contributed by atoms with Crippen molar-refractivity contribution in [3.8, 4) is 23.3 Å². The van der Waals surface area contributed by atoms with Gasteiger partial charge in [0.25, 0.3) is 5.91 Å². The predicted octanol–water partition coefficient (Wildman–Crippen LogP) is 4.98. The van der Waals surface area contributed by atoms with E-state index in [1.165, 1.54) is 48.5 Å². The number of anilines is 1. The van der Waals surface area contributed by atoms with E-state index in [9.17, 15) is 13.2 Å². The highest BCUT2D eigenvalue weighted by molar-refractivity contribution is 7.89. The Kier molecular flexibility index (Phi) is 7.68. The number of halogens is 3. The zero-order valence-corrected chi connectivity index (χ0v) is 19.6. The fourth-order valence-electron chi connectivity index (χ4n) is 2.57. The molecule has 3 N–H and O–H groups in total. The summed E-state index contributed by atoms with van der Waals surface area (Å²) in [5, 5.41) is 17.2. The molecule has 0 aromatic heterocycles. The van der Waals surface area contributed by atoms with Gasteiger partial charge in [0.1, 0.15) is 17.2 Å². The van der Waals surface area contributed by atoms with E-state index in [0.717, 1.165) is 6.07 Å². The highest BCUT2D eigenvalue weighted by atomic mass is 35.5. The third-order valence-corrected chi connectivity index (χ3v) is 5.80. The number of ether oxygens (including phenoxy) is 2. The lowest BCUT2D eigenvalue weighted by Gasteiger charge is -2.12. The first-order valence-corrected chi connectivity index (χ1v) is 11.7. The van der Waals surface area contributed by atoms with Crippen molar-refractivity contribution in [2.45, 2.75) is 4.90 Å². The molecular weight excluding hydrogens is 513 g/mol. The molecule has 33 heavy (non-hydrogen) atoms. The molecule has 0 unspecified atom stereocenters. The summed E-state index contributed by atoms with van der Waals surface area (Å²) in [6, 6.07) is 14.7. The van der Waals surface area contributed by atoms with Gasteiger partial charge in [0.15, 0.2) is 6.61 Å². The number of rotatable bonds is 7. The van der Waals surface area contributed by atoms with Crippen molar-refractivity contribution in [1.29, 1.82) is 5.26 Å². The van der Waals surface area contributed by atoms with E-state index < -0.39 is 15.9 Å². The van der Waals surface area contributed by atoms with Gasteiger partial charge in [-0.1, -0.05) is 34.8 Å². The van der Waals surface area contributed by atoms with Crippen molar-refractivity contribution in [3.63, 3.8) is 0 Å². The van der Waals surface area contributed by atoms with Gasteiger partial charge in [-0.25, -0.2) is 13.6 Å². The number of primary sulfonamides is 1. The van der Waals surface area contributed by atoms with Crippen LogP contribution in [0.4, 0.5) is 5.69 Å². The van der Waals surface area contributed by atoms with Gasteiger partial charge >= 0.3 is 0 Å². The summed E-state index contributed by atoms with van der Waals surface area (Å²) in [6.07, 6.45) is 0. The van der Waals surface area contributed by atoms with Gasteiger partial charge in [0.05, 0.1) is 32.3 Å². The Morgan fingerprint density at radius 3 is 2.42 bits per heavy atom. The van der Waals surface area contributed by atoms with Gasteiger partial charge in [0, 0.05) is 11.1 Å². The summed E-state index contributed by atoms with van der Waals surface area (Å²) in [6.45, 7) is -0.385. The van der Waals surface area contributed by atoms with Crippen molar-refractivity contribution >= 4 is 56.4 Å². The Hall–Kier alpha value is -3.00. The maximum absolute atomic E-state index is 12.2. The fourth-order valence-corrected chi connectivity index (χ4v) is 3.79. The SMILES string of the molecule is N#Cc1cc(Cl)cc(Oc2cc(OCC(=O)Nc3ccc(S(N)(=O)=O)cc3Cl)ccc2Cl)c1. The Balaban J connectivity index is 1.67. The fraction of sp³-hybridized carbons (Fsp3) is 0.0476. The van der Waals surface area contributed by atoms with Crippen LogP contribution in [-0.4, -0.2) is 20.9 Å². The lowest BCUT2D eigenvalue weighted by molar-refractivity contribution is -0.118. The van der Waals surface area contributed by atoms with Crippen molar-refractivity contribution in [3.05, 3.63) is 75.2 Å². The lowest BCUT2D eigenvalue weighted by Crippen LogP contribution is -2.20. The first-order chi connectivity index (χ1) is 15.5. The largest absolute Gasteiger partial charge is 0.484 e. The molecule has 3 rings (SSSR count). The molecule has 0 bridgehead atoms. The van der Waals surface area contributed by atoms with E-state index in [4.69, 9.17) is 54.7 Å². The first kappa shape index (κ1) is 24.6. The standard InChI is InChI=1S/C21H14Cl3N3O5S/c22-13-5-12(10-25)6-15(7-13)32-20-8-14(1-3-17(20)23)31-11-21(28)27-19-4-2-16(9-18(19)24)33(26,29)30/h1-9H,11H2,(H,27,28)(H2,26,29,30). The molecule has 8 nitrogen and oxygen atoms in total. The number of hydrogen-bond donors (Lipinski definition) is 2. The van der Waals surface area contributed by atoms with E-state index in [1.54, 1.807) is 0 Å². The van der Waals surface area contributed by atoms with Crippen molar-refractivity contribution in [2.75, 3.05) is 11.9 Å². The number of benzene rings is 3. The molecule has 0 aliphatic heterocycles. The normalized spacial score (nSPS) is 10.9. The zero-order valence-electron chi connectivity index (χ0n) is 16.5. The third-order valence-electron chi connectivity index (χ3n) is 4.04. The van der Waals surface area contributed by atoms with E-state index in [2.05, 4.69) is 5.32 Å². The number of carbonyl (C=O) groups is 1. The van der Waals surface area contributed by atoms with E-state index >= 15 is 0 Å². The zero-order chi connectivity index (χ0) is 24.2. The molecule has 0 heterocycles. The molecule has 0 saturated heterocycles. The smallest absolute Gasteiger partial charge is 0.262 e. The van der Waals surface area contributed by atoms with Crippen LogP contribution in [0.15, 0.2) is 59.5 Å². The van der Waals surface area contributed by atoms with Crippen LogP contribution in [0.1, 0.15) is 5.56 Å². The quantitative estimate of drug-likeness (QED) is 0.446. The predicted molar refractivity (Wildman–Crippen MR) is 125 cm³/mol. The van der Waals surface area contributed by atoms with Crippen LogP contribution in [0.3, 0.4) is 0 Å². The highest BCUT2D eigenvalue weighted by Crippen LogP contribution is 2.34. The number of sulfonamides is 1. The molecule has 0 radical (unpaired) electrons. The Labute approximate surface area is 204 Å². The van der Waals surface area contributed by atoms with Gasteiger partial charge in [-0.2, -0.15) is 5.26 Å². The van der Waals surface area contributed by atoms with Crippen molar-refractivity contribution in [2.24, 2.45) is 5.14 Å². The average Bonchev–Trinajstić information content (AvgIpc) is 2.74. The molecule has 170 valence electrons. The molecule has 0 aliphatic carbocycles. The summed E-state index contributed by atoms with van der Waals surface area (Å²) >= 11 is 18.2. The van der Waals surface area contributed by atoms with Gasteiger partial charge < -0.3 is 14.8 Å². The highest BCUT2D eigenvalue weighted by Gasteiger charge is 2.13. The maximum atomic E-state index is 12.2. The molecule has 12 heteroatoms. The number of nitrogens with two attached hydrogens (primary N) is 1. The lowest BCUT2D eigenvalue weighted by atomic mass is 10.2. The number of nitrogens with zero attached hydrogens (tertiary/aromatic N) is 1. The van der Waals surface area contributed by atoms with E-state index in [0.29, 0.717) is 16.3 Å². The minimum Gasteiger partial charge on any atom is -0.484 e. The van der Waals surface area contributed by atoms with Crippen LogP contribution >= 0.6 is 34.8 Å². The van der Waals surface area contributed by atoms with Crippen LogP contribution in [-0.2, 0) is 14.8 Å². The van der Waals surface area contributed by atoms with Crippen LogP contribution < -0.4 is 19.9 Å². The maximum Gasteiger partial charge on any atom is 0.262 e. The molecular formula is C21H14Cl3N3O5S. The molecule has 3 aromatic rings. The summed E-state index contributed by atoms with van der Waals surface area (Å²) in [5.41, 5.74) is 0.500. The van der Waals surface area contributed by atoms with Gasteiger partial charge in [0.2, 0.25) is 10.0 Å². The summed E-state index contributed by atoms with van der Waals surface area (Å²) in [4.78, 5) is 12.0.